The minimum Gasteiger partial charge on any atom is -0.493 e. The van der Waals surface area contributed by atoms with E-state index in [1.54, 1.807) is 0 Å². The number of likely N-dealkylation sites (N-methyl/N-ethyl adjacent to an activating group) is 1. The Labute approximate surface area is 181 Å². The number of hydrogen-bond donors (Lipinski definition) is 0. The Hall–Kier alpha value is -2.36. The van der Waals surface area contributed by atoms with E-state index in [2.05, 4.69) is 84.4 Å². The number of fused-ring (bicyclic) bond motifs is 1. The molecular weight excluding hydrogens is 368 g/mol. The van der Waals surface area contributed by atoms with Crippen molar-refractivity contribution in [1.29, 1.82) is 0 Å². The highest BCUT2D eigenvalue weighted by Crippen LogP contribution is 2.24. The SMILES string of the molecule is CCCc1ccc(CN2CCN(C)CC2)cc1OCCc1ccc2ccccc2c1. The van der Waals surface area contributed by atoms with Gasteiger partial charge in [0.25, 0.3) is 0 Å². The van der Waals surface area contributed by atoms with Gasteiger partial charge in [0.2, 0.25) is 0 Å². The van der Waals surface area contributed by atoms with Crippen LogP contribution in [0.15, 0.2) is 60.7 Å². The first-order valence-electron chi connectivity index (χ1n) is 11.3. The van der Waals surface area contributed by atoms with Gasteiger partial charge in [-0.1, -0.05) is 67.9 Å². The predicted molar refractivity (Wildman–Crippen MR) is 126 cm³/mol. The predicted octanol–water partition coefficient (Wildman–Crippen LogP) is 5.16. The maximum Gasteiger partial charge on any atom is 0.122 e. The van der Waals surface area contributed by atoms with Crippen molar-refractivity contribution in [2.24, 2.45) is 0 Å². The molecule has 0 aliphatic carbocycles. The zero-order chi connectivity index (χ0) is 20.8. The third kappa shape index (κ3) is 5.41. The molecule has 0 saturated carbocycles. The lowest BCUT2D eigenvalue weighted by atomic mass is 10.0. The molecular formula is C27H34N2O. The topological polar surface area (TPSA) is 15.7 Å². The molecule has 3 aromatic carbocycles. The van der Waals surface area contributed by atoms with Crippen LogP contribution in [0.5, 0.6) is 5.75 Å². The van der Waals surface area contributed by atoms with Gasteiger partial charge in [-0.25, -0.2) is 0 Å². The molecule has 1 saturated heterocycles. The molecule has 158 valence electrons. The van der Waals surface area contributed by atoms with Gasteiger partial charge in [0, 0.05) is 39.1 Å². The van der Waals surface area contributed by atoms with E-state index in [4.69, 9.17) is 4.74 Å². The van der Waals surface area contributed by atoms with Gasteiger partial charge in [-0.15, -0.1) is 0 Å². The van der Waals surface area contributed by atoms with Gasteiger partial charge < -0.3 is 9.64 Å². The first-order chi connectivity index (χ1) is 14.7. The first-order valence-corrected chi connectivity index (χ1v) is 11.3. The third-order valence-electron chi connectivity index (χ3n) is 6.12. The number of piperazine rings is 1. The molecule has 0 N–H and O–H groups in total. The number of nitrogens with zero attached hydrogens (tertiary/aromatic N) is 2. The standard InChI is InChI=1S/C27H34N2O/c1-3-6-25-12-10-23(21-29-16-14-28(2)15-17-29)20-27(25)30-18-13-22-9-11-24-7-4-5-8-26(24)19-22/h4-5,7-12,19-20H,3,6,13-18,21H2,1-2H3. The fraction of sp³-hybridized carbons (Fsp3) is 0.407. The van der Waals surface area contributed by atoms with Crippen molar-refractivity contribution in [2.75, 3.05) is 39.8 Å². The van der Waals surface area contributed by atoms with Crippen molar-refractivity contribution in [3.8, 4) is 5.75 Å². The summed E-state index contributed by atoms with van der Waals surface area (Å²) in [6.45, 7) is 8.56. The minimum absolute atomic E-state index is 0.715. The van der Waals surface area contributed by atoms with Crippen molar-refractivity contribution in [1.82, 2.24) is 9.80 Å². The third-order valence-corrected chi connectivity index (χ3v) is 6.12. The number of hydrogen-bond acceptors (Lipinski definition) is 3. The second-order valence-corrected chi connectivity index (χ2v) is 8.55. The molecule has 1 heterocycles. The summed E-state index contributed by atoms with van der Waals surface area (Å²) in [7, 11) is 2.21. The fourth-order valence-corrected chi connectivity index (χ4v) is 4.24. The van der Waals surface area contributed by atoms with Crippen molar-refractivity contribution in [2.45, 2.75) is 32.7 Å². The normalized spacial score (nSPS) is 15.5. The van der Waals surface area contributed by atoms with Crippen LogP contribution in [0.25, 0.3) is 10.8 Å². The van der Waals surface area contributed by atoms with Crippen LogP contribution < -0.4 is 4.74 Å². The van der Waals surface area contributed by atoms with E-state index in [-0.39, 0.29) is 0 Å². The molecule has 0 amide bonds. The molecule has 0 aromatic heterocycles. The second-order valence-electron chi connectivity index (χ2n) is 8.55. The average Bonchev–Trinajstić information content (AvgIpc) is 2.77. The zero-order valence-corrected chi connectivity index (χ0v) is 18.4. The van der Waals surface area contributed by atoms with Crippen LogP contribution >= 0.6 is 0 Å². The van der Waals surface area contributed by atoms with Gasteiger partial charge in [0.05, 0.1) is 6.61 Å². The zero-order valence-electron chi connectivity index (χ0n) is 18.4. The summed E-state index contributed by atoms with van der Waals surface area (Å²) in [5.74, 6) is 1.07. The number of benzene rings is 3. The molecule has 3 aromatic rings. The highest BCUT2D eigenvalue weighted by atomic mass is 16.5. The molecule has 0 unspecified atom stereocenters. The average molecular weight is 403 g/mol. The van der Waals surface area contributed by atoms with Crippen LogP contribution in [-0.4, -0.2) is 49.6 Å². The van der Waals surface area contributed by atoms with Crippen LogP contribution in [0.4, 0.5) is 0 Å². The Bertz CT molecular complexity index is 960. The maximum atomic E-state index is 6.33. The van der Waals surface area contributed by atoms with Gasteiger partial charge in [0.15, 0.2) is 0 Å². The molecule has 0 atom stereocenters. The van der Waals surface area contributed by atoms with Crippen molar-refractivity contribution in [3.63, 3.8) is 0 Å². The summed E-state index contributed by atoms with van der Waals surface area (Å²) in [4.78, 5) is 4.95. The monoisotopic (exact) mass is 402 g/mol. The van der Waals surface area contributed by atoms with Gasteiger partial charge in [0.1, 0.15) is 5.75 Å². The van der Waals surface area contributed by atoms with Gasteiger partial charge in [-0.2, -0.15) is 0 Å². The quantitative estimate of drug-likeness (QED) is 0.517. The molecule has 30 heavy (non-hydrogen) atoms. The van der Waals surface area contributed by atoms with E-state index in [9.17, 15) is 0 Å². The molecule has 3 nitrogen and oxygen atoms in total. The molecule has 0 spiro atoms. The Kier molecular flexibility index (Phi) is 7.03. The molecule has 0 bridgehead atoms. The van der Waals surface area contributed by atoms with Crippen LogP contribution in [0, 0.1) is 0 Å². The number of rotatable bonds is 8. The largest absolute Gasteiger partial charge is 0.493 e. The van der Waals surface area contributed by atoms with E-state index in [0.29, 0.717) is 6.61 Å². The lowest BCUT2D eigenvalue weighted by Crippen LogP contribution is -2.43. The highest BCUT2D eigenvalue weighted by Gasteiger charge is 2.15. The lowest BCUT2D eigenvalue weighted by Gasteiger charge is -2.32. The molecule has 1 aliphatic heterocycles. The Balaban J connectivity index is 1.40. The maximum absolute atomic E-state index is 6.33. The Morgan fingerprint density at radius 1 is 0.800 bits per heavy atom. The van der Waals surface area contributed by atoms with Crippen LogP contribution in [0.2, 0.25) is 0 Å². The summed E-state index contributed by atoms with van der Waals surface area (Å²) >= 11 is 0. The Morgan fingerprint density at radius 2 is 1.57 bits per heavy atom. The highest BCUT2D eigenvalue weighted by molar-refractivity contribution is 5.82. The Morgan fingerprint density at radius 3 is 2.37 bits per heavy atom. The van der Waals surface area contributed by atoms with E-state index in [1.165, 1.54) is 27.5 Å². The van der Waals surface area contributed by atoms with Gasteiger partial charge in [-0.3, -0.25) is 4.90 Å². The summed E-state index contributed by atoms with van der Waals surface area (Å²) in [6, 6.07) is 22.1. The number of aryl methyl sites for hydroxylation is 1. The van der Waals surface area contributed by atoms with Crippen LogP contribution in [0.1, 0.15) is 30.0 Å². The van der Waals surface area contributed by atoms with Crippen molar-refractivity contribution < 1.29 is 4.74 Å². The van der Waals surface area contributed by atoms with E-state index in [0.717, 1.165) is 57.7 Å². The molecule has 1 aliphatic rings. The molecule has 4 rings (SSSR count). The van der Waals surface area contributed by atoms with Crippen molar-refractivity contribution >= 4 is 10.8 Å². The number of ether oxygens (including phenoxy) is 1. The summed E-state index contributed by atoms with van der Waals surface area (Å²) in [6.07, 6.45) is 3.14. The minimum atomic E-state index is 0.715. The van der Waals surface area contributed by atoms with Crippen LogP contribution in [-0.2, 0) is 19.4 Å². The molecule has 0 radical (unpaired) electrons. The first kappa shape index (κ1) is 20.9. The molecule has 1 fully saturated rings. The van der Waals surface area contributed by atoms with Gasteiger partial charge >= 0.3 is 0 Å². The lowest BCUT2D eigenvalue weighted by molar-refractivity contribution is 0.148. The van der Waals surface area contributed by atoms with Crippen molar-refractivity contribution in [3.05, 3.63) is 77.4 Å². The summed E-state index contributed by atoms with van der Waals surface area (Å²) in [5, 5.41) is 2.60. The van der Waals surface area contributed by atoms with Crippen LogP contribution in [0.3, 0.4) is 0 Å². The molecule has 3 heteroatoms. The smallest absolute Gasteiger partial charge is 0.122 e. The second kappa shape index (κ2) is 10.1. The fourth-order valence-electron chi connectivity index (χ4n) is 4.24. The van der Waals surface area contributed by atoms with E-state index < -0.39 is 0 Å². The summed E-state index contributed by atoms with van der Waals surface area (Å²) < 4.78 is 6.33. The van der Waals surface area contributed by atoms with E-state index in [1.807, 2.05) is 0 Å². The van der Waals surface area contributed by atoms with Gasteiger partial charge in [-0.05, 0) is 47.0 Å². The summed E-state index contributed by atoms with van der Waals surface area (Å²) in [5.41, 5.74) is 4.03. The van der Waals surface area contributed by atoms with E-state index >= 15 is 0 Å².